The van der Waals surface area contributed by atoms with E-state index in [1.165, 1.54) is 38.8 Å². The Bertz CT molecular complexity index is 159. The number of hydrogen-bond acceptors (Lipinski definition) is 4. The maximum atomic E-state index is 5.40. The van der Waals surface area contributed by atoms with Crippen LogP contribution in [0.1, 0.15) is 60.3 Å². The van der Waals surface area contributed by atoms with Crippen molar-refractivity contribution in [1.82, 2.24) is 5.32 Å². The van der Waals surface area contributed by atoms with E-state index < -0.39 is 8.80 Å². The summed E-state index contributed by atoms with van der Waals surface area (Å²) in [6, 6.07) is 0. The third kappa shape index (κ3) is 16.1. The lowest BCUT2D eigenvalue weighted by Gasteiger charge is -2.23. The van der Waals surface area contributed by atoms with Gasteiger partial charge in [0.1, 0.15) is 0 Å². The zero-order valence-corrected chi connectivity index (χ0v) is 15.6. The molecular weight excluding hydrogens is 270 g/mol. The molecule has 0 amide bonds. The largest absolute Gasteiger partial charge is 0.497 e. The summed E-state index contributed by atoms with van der Waals surface area (Å²) in [4.78, 5) is 0. The number of nitrogens with one attached hydrogen (secondary N) is 1. The van der Waals surface area contributed by atoms with Gasteiger partial charge < -0.3 is 18.6 Å². The first-order valence-electron chi connectivity index (χ1n) is 8.22. The van der Waals surface area contributed by atoms with Gasteiger partial charge in [-0.2, -0.15) is 0 Å². The van der Waals surface area contributed by atoms with Crippen LogP contribution in [-0.4, -0.2) is 41.7 Å². The number of hydrogen-bond donors (Lipinski definition) is 1. The Balaban J connectivity index is 0. The molecule has 0 fully saturated rings. The predicted octanol–water partition coefficient (Wildman–Crippen LogP) is 3.84. The molecule has 0 aromatic carbocycles. The molecule has 0 saturated heterocycles. The van der Waals surface area contributed by atoms with Gasteiger partial charge in [0, 0.05) is 26.4 Å². The van der Waals surface area contributed by atoms with Crippen molar-refractivity contribution >= 4 is 8.80 Å². The van der Waals surface area contributed by atoms with Gasteiger partial charge in [-0.3, -0.25) is 0 Å². The summed E-state index contributed by atoms with van der Waals surface area (Å²) in [6.45, 7) is 16.6. The SMILES string of the molecule is CCCCNCCCC.CCO[Si](C)(OCC)OCC. The molecule has 0 saturated carbocycles. The molecule has 0 radical (unpaired) electrons. The third-order valence-electron chi connectivity index (χ3n) is 2.63. The fourth-order valence-electron chi connectivity index (χ4n) is 1.64. The van der Waals surface area contributed by atoms with E-state index in [4.69, 9.17) is 13.3 Å². The van der Waals surface area contributed by atoms with E-state index in [0.29, 0.717) is 19.8 Å². The van der Waals surface area contributed by atoms with E-state index in [1.54, 1.807) is 0 Å². The van der Waals surface area contributed by atoms with Crippen LogP contribution >= 0.6 is 0 Å². The lowest BCUT2D eigenvalue weighted by atomic mass is 10.3. The highest BCUT2D eigenvalue weighted by atomic mass is 28.4. The first-order chi connectivity index (χ1) is 9.60. The van der Waals surface area contributed by atoms with Gasteiger partial charge in [-0.05, 0) is 46.7 Å². The monoisotopic (exact) mass is 307 g/mol. The summed E-state index contributed by atoms with van der Waals surface area (Å²) in [5.41, 5.74) is 0. The lowest BCUT2D eigenvalue weighted by molar-refractivity contribution is 0.0783. The molecule has 20 heavy (non-hydrogen) atoms. The molecule has 0 unspecified atom stereocenters. The van der Waals surface area contributed by atoms with Gasteiger partial charge in [0.15, 0.2) is 0 Å². The minimum absolute atomic E-state index is 0.655. The topological polar surface area (TPSA) is 39.7 Å². The molecule has 0 bridgehead atoms. The fraction of sp³-hybridized carbons (Fsp3) is 1.00. The van der Waals surface area contributed by atoms with Crippen LogP contribution in [0.5, 0.6) is 0 Å². The van der Waals surface area contributed by atoms with Crippen molar-refractivity contribution in [2.75, 3.05) is 32.9 Å². The molecular formula is C15H37NO3Si. The van der Waals surface area contributed by atoms with Crippen molar-refractivity contribution in [3.63, 3.8) is 0 Å². The summed E-state index contributed by atoms with van der Waals surface area (Å²) in [7, 11) is -2.25. The smallest absolute Gasteiger partial charge is 0.374 e. The maximum Gasteiger partial charge on any atom is 0.497 e. The Morgan fingerprint density at radius 2 is 1.05 bits per heavy atom. The second-order valence-electron chi connectivity index (χ2n) is 4.62. The molecule has 0 spiro atoms. The Morgan fingerprint density at radius 3 is 1.30 bits per heavy atom. The molecule has 0 rings (SSSR count). The highest BCUT2D eigenvalue weighted by Crippen LogP contribution is 2.08. The average Bonchev–Trinajstić information content (AvgIpc) is 2.40. The van der Waals surface area contributed by atoms with E-state index in [-0.39, 0.29) is 0 Å². The molecule has 0 aliphatic rings. The van der Waals surface area contributed by atoms with Gasteiger partial charge >= 0.3 is 8.80 Å². The van der Waals surface area contributed by atoms with Gasteiger partial charge in [-0.1, -0.05) is 26.7 Å². The van der Waals surface area contributed by atoms with Crippen molar-refractivity contribution in [2.24, 2.45) is 0 Å². The zero-order chi connectivity index (χ0) is 15.7. The minimum atomic E-state index is -2.25. The summed E-state index contributed by atoms with van der Waals surface area (Å²) in [5.74, 6) is 0. The normalized spacial score (nSPS) is 11.1. The number of unbranched alkanes of at least 4 members (excludes halogenated alkanes) is 2. The van der Waals surface area contributed by atoms with Crippen molar-refractivity contribution in [1.29, 1.82) is 0 Å². The summed E-state index contributed by atoms with van der Waals surface area (Å²) >= 11 is 0. The van der Waals surface area contributed by atoms with Gasteiger partial charge in [0.05, 0.1) is 0 Å². The van der Waals surface area contributed by atoms with E-state index >= 15 is 0 Å². The second-order valence-corrected chi connectivity index (χ2v) is 7.21. The molecule has 5 heteroatoms. The molecule has 0 atom stereocenters. The van der Waals surface area contributed by atoms with Crippen molar-refractivity contribution in [2.45, 2.75) is 66.8 Å². The molecule has 0 heterocycles. The summed E-state index contributed by atoms with van der Waals surface area (Å²) < 4.78 is 16.2. The first kappa shape index (κ1) is 22.3. The van der Waals surface area contributed by atoms with Crippen LogP contribution < -0.4 is 5.32 Å². The Kier molecular flexibility index (Phi) is 19.1. The molecule has 0 aliphatic carbocycles. The molecule has 0 aromatic rings. The van der Waals surface area contributed by atoms with Crippen LogP contribution in [0.4, 0.5) is 0 Å². The predicted molar refractivity (Wildman–Crippen MR) is 89.2 cm³/mol. The highest BCUT2D eigenvalue weighted by Gasteiger charge is 2.32. The maximum absolute atomic E-state index is 5.40. The van der Waals surface area contributed by atoms with E-state index in [0.717, 1.165) is 0 Å². The van der Waals surface area contributed by atoms with Crippen LogP contribution in [0.2, 0.25) is 6.55 Å². The van der Waals surface area contributed by atoms with E-state index in [9.17, 15) is 0 Å². The average molecular weight is 308 g/mol. The fourth-order valence-corrected chi connectivity index (χ4v) is 3.46. The van der Waals surface area contributed by atoms with Gasteiger partial charge in [0.2, 0.25) is 0 Å². The van der Waals surface area contributed by atoms with Crippen LogP contribution in [0.15, 0.2) is 0 Å². The van der Waals surface area contributed by atoms with Gasteiger partial charge in [-0.25, -0.2) is 0 Å². The highest BCUT2D eigenvalue weighted by molar-refractivity contribution is 6.59. The second kappa shape index (κ2) is 17.1. The molecule has 4 nitrogen and oxygen atoms in total. The zero-order valence-electron chi connectivity index (χ0n) is 14.6. The summed E-state index contributed by atoms with van der Waals surface area (Å²) in [6.07, 6.45) is 5.26. The number of rotatable bonds is 12. The Morgan fingerprint density at radius 1 is 0.700 bits per heavy atom. The quantitative estimate of drug-likeness (QED) is 0.439. The van der Waals surface area contributed by atoms with E-state index in [2.05, 4.69) is 19.2 Å². The molecule has 1 N–H and O–H groups in total. The van der Waals surface area contributed by atoms with Crippen LogP contribution in [0.3, 0.4) is 0 Å². The van der Waals surface area contributed by atoms with Crippen molar-refractivity contribution in [3.8, 4) is 0 Å². The van der Waals surface area contributed by atoms with Gasteiger partial charge in [-0.15, -0.1) is 0 Å². The van der Waals surface area contributed by atoms with Gasteiger partial charge in [0.25, 0.3) is 0 Å². The van der Waals surface area contributed by atoms with Crippen molar-refractivity contribution in [3.05, 3.63) is 0 Å². The minimum Gasteiger partial charge on any atom is -0.374 e. The third-order valence-corrected chi connectivity index (χ3v) is 5.07. The summed E-state index contributed by atoms with van der Waals surface area (Å²) in [5, 5.41) is 3.39. The molecule has 0 aliphatic heterocycles. The van der Waals surface area contributed by atoms with Crippen LogP contribution in [0, 0.1) is 0 Å². The molecule has 0 aromatic heterocycles. The Hall–Kier alpha value is 0.0569. The van der Waals surface area contributed by atoms with Crippen LogP contribution in [0.25, 0.3) is 0 Å². The molecule has 124 valence electrons. The van der Waals surface area contributed by atoms with E-state index in [1.807, 2.05) is 27.3 Å². The lowest BCUT2D eigenvalue weighted by Crippen LogP contribution is -2.42. The van der Waals surface area contributed by atoms with Crippen LogP contribution in [-0.2, 0) is 13.3 Å². The Labute approximate surface area is 127 Å². The standard InChI is InChI=1S/C8H19N.C7H18O3Si/c1-3-5-7-9-8-6-4-2;1-5-8-11(4,9-6-2)10-7-3/h9H,3-8H2,1-2H3;5-7H2,1-4H3. The first-order valence-corrected chi connectivity index (χ1v) is 10.4. The van der Waals surface area contributed by atoms with Crippen molar-refractivity contribution < 1.29 is 13.3 Å².